The first-order valence-corrected chi connectivity index (χ1v) is 5.76. The predicted octanol–water partition coefficient (Wildman–Crippen LogP) is 1.01. The van der Waals surface area contributed by atoms with E-state index in [0.717, 1.165) is 32.2 Å². The first-order valence-electron chi connectivity index (χ1n) is 5.76. The summed E-state index contributed by atoms with van der Waals surface area (Å²) in [6.07, 6.45) is 3.94. The lowest BCUT2D eigenvalue weighted by Crippen LogP contribution is -2.42. The van der Waals surface area contributed by atoms with Crippen molar-refractivity contribution >= 4 is 5.97 Å². The van der Waals surface area contributed by atoms with Crippen LogP contribution in [0.1, 0.15) is 25.7 Å². The summed E-state index contributed by atoms with van der Waals surface area (Å²) in [5, 5.41) is 0. The highest BCUT2D eigenvalue weighted by Crippen LogP contribution is 2.26. The average Bonchev–Trinajstić information content (AvgIpc) is 2.70. The number of carbonyl (C=O) groups is 1. The second kappa shape index (κ2) is 4.94. The number of likely N-dealkylation sites (N-methyl/N-ethyl adjacent to an activating group) is 1. The molecule has 1 aliphatic heterocycles. The summed E-state index contributed by atoms with van der Waals surface area (Å²) in [6, 6.07) is 0. The Balaban J connectivity index is 1.77. The molecule has 0 amide bonds. The summed E-state index contributed by atoms with van der Waals surface area (Å²) < 4.78 is 10.7. The maximum atomic E-state index is 11.7. The predicted molar refractivity (Wildman–Crippen MR) is 55.3 cm³/mol. The summed E-state index contributed by atoms with van der Waals surface area (Å²) in [7, 11) is 2.01. The molecule has 0 aromatic carbocycles. The number of ether oxygens (including phenoxy) is 2. The topological polar surface area (TPSA) is 38.8 Å². The van der Waals surface area contributed by atoms with Crippen LogP contribution in [0.4, 0.5) is 0 Å². The third kappa shape index (κ3) is 2.92. The molecule has 15 heavy (non-hydrogen) atoms. The van der Waals surface area contributed by atoms with E-state index in [-0.39, 0.29) is 18.2 Å². The van der Waals surface area contributed by atoms with E-state index < -0.39 is 0 Å². The van der Waals surface area contributed by atoms with Crippen LogP contribution in [-0.4, -0.2) is 43.9 Å². The van der Waals surface area contributed by atoms with Gasteiger partial charge < -0.3 is 9.47 Å². The minimum Gasteiger partial charge on any atom is -0.434 e. The molecule has 1 saturated heterocycles. The average molecular weight is 213 g/mol. The minimum atomic E-state index is -0.350. The Hall–Kier alpha value is -0.610. The summed E-state index contributed by atoms with van der Waals surface area (Å²) in [4.78, 5) is 13.8. The van der Waals surface area contributed by atoms with E-state index in [1.54, 1.807) is 0 Å². The van der Waals surface area contributed by atoms with E-state index in [1.807, 2.05) is 7.05 Å². The van der Waals surface area contributed by atoms with E-state index in [1.165, 1.54) is 0 Å². The molecular formula is C11H19NO3. The normalized spacial score (nSPS) is 29.3. The Kier molecular flexibility index (Phi) is 3.59. The monoisotopic (exact) mass is 213 g/mol. The molecule has 2 fully saturated rings. The zero-order valence-electron chi connectivity index (χ0n) is 9.28. The van der Waals surface area contributed by atoms with Gasteiger partial charge in [0.2, 0.25) is 6.29 Å². The van der Waals surface area contributed by atoms with Crippen molar-refractivity contribution in [2.45, 2.75) is 32.0 Å². The molecule has 0 spiro atoms. The molecule has 4 heteroatoms. The SMILES string of the molecule is CN1CCOC(OC(=O)C2CCCC2)C1. The van der Waals surface area contributed by atoms with Crippen molar-refractivity contribution in [1.29, 1.82) is 0 Å². The van der Waals surface area contributed by atoms with E-state index in [2.05, 4.69) is 4.90 Å². The zero-order valence-corrected chi connectivity index (χ0v) is 9.28. The van der Waals surface area contributed by atoms with Gasteiger partial charge in [-0.05, 0) is 19.9 Å². The van der Waals surface area contributed by atoms with Gasteiger partial charge in [-0.3, -0.25) is 9.69 Å². The highest BCUT2D eigenvalue weighted by atomic mass is 16.7. The van der Waals surface area contributed by atoms with Gasteiger partial charge in [-0.15, -0.1) is 0 Å². The van der Waals surface area contributed by atoms with Gasteiger partial charge in [0, 0.05) is 6.54 Å². The second-order valence-corrected chi connectivity index (χ2v) is 4.48. The van der Waals surface area contributed by atoms with Crippen LogP contribution < -0.4 is 0 Å². The van der Waals surface area contributed by atoms with Gasteiger partial charge in [0.05, 0.1) is 19.1 Å². The van der Waals surface area contributed by atoms with Crippen LogP contribution in [0.15, 0.2) is 0 Å². The number of morpholine rings is 1. The minimum absolute atomic E-state index is 0.0622. The molecule has 0 aromatic rings. The maximum absolute atomic E-state index is 11.7. The number of nitrogens with zero attached hydrogens (tertiary/aromatic N) is 1. The smallest absolute Gasteiger partial charge is 0.311 e. The number of rotatable bonds is 2. The highest BCUT2D eigenvalue weighted by molar-refractivity contribution is 5.72. The molecule has 4 nitrogen and oxygen atoms in total. The van der Waals surface area contributed by atoms with E-state index in [9.17, 15) is 4.79 Å². The molecule has 1 saturated carbocycles. The Morgan fingerprint density at radius 1 is 1.40 bits per heavy atom. The van der Waals surface area contributed by atoms with Crippen LogP contribution in [0, 0.1) is 5.92 Å². The molecule has 1 heterocycles. The molecule has 1 atom stereocenters. The summed E-state index contributed by atoms with van der Waals surface area (Å²) in [6.45, 7) is 2.26. The Morgan fingerprint density at radius 2 is 2.13 bits per heavy atom. The molecule has 0 aromatic heterocycles. The number of carbonyl (C=O) groups excluding carboxylic acids is 1. The van der Waals surface area contributed by atoms with Gasteiger partial charge in [-0.25, -0.2) is 0 Å². The van der Waals surface area contributed by atoms with Crippen LogP contribution >= 0.6 is 0 Å². The Morgan fingerprint density at radius 3 is 2.80 bits per heavy atom. The van der Waals surface area contributed by atoms with E-state index in [4.69, 9.17) is 9.47 Å². The lowest BCUT2D eigenvalue weighted by atomic mass is 10.1. The molecule has 0 bridgehead atoms. The van der Waals surface area contributed by atoms with Crippen molar-refractivity contribution in [3.05, 3.63) is 0 Å². The Labute approximate surface area is 90.5 Å². The van der Waals surface area contributed by atoms with Gasteiger partial charge in [-0.2, -0.15) is 0 Å². The highest BCUT2D eigenvalue weighted by Gasteiger charge is 2.28. The van der Waals surface area contributed by atoms with Gasteiger partial charge in [0.1, 0.15) is 0 Å². The van der Waals surface area contributed by atoms with Crippen molar-refractivity contribution in [3.63, 3.8) is 0 Å². The molecular weight excluding hydrogens is 194 g/mol. The van der Waals surface area contributed by atoms with E-state index in [0.29, 0.717) is 13.2 Å². The van der Waals surface area contributed by atoms with Gasteiger partial charge in [-0.1, -0.05) is 12.8 Å². The summed E-state index contributed by atoms with van der Waals surface area (Å²) >= 11 is 0. The fourth-order valence-corrected chi connectivity index (χ4v) is 2.20. The van der Waals surface area contributed by atoms with Crippen molar-refractivity contribution in [2.75, 3.05) is 26.7 Å². The third-order valence-corrected chi connectivity index (χ3v) is 3.17. The molecule has 1 aliphatic carbocycles. The quantitative estimate of drug-likeness (QED) is 0.642. The number of esters is 1. The van der Waals surface area contributed by atoms with Crippen LogP contribution in [0.3, 0.4) is 0 Å². The lowest BCUT2D eigenvalue weighted by molar-refractivity contribution is -0.196. The largest absolute Gasteiger partial charge is 0.434 e. The van der Waals surface area contributed by atoms with Gasteiger partial charge >= 0.3 is 5.97 Å². The standard InChI is InChI=1S/C11H19NO3/c1-12-6-7-14-10(8-12)15-11(13)9-4-2-3-5-9/h9-10H,2-8H2,1H3. The molecule has 2 aliphatic rings. The van der Waals surface area contributed by atoms with Crippen LogP contribution in [0.5, 0.6) is 0 Å². The molecule has 86 valence electrons. The van der Waals surface area contributed by atoms with Crippen molar-refractivity contribution in [3.8, 4) is 0 Å². The fraction of sp³-hybridized carbons (Fsp3) is 0.909. The van der Waals surface area contributed by atoms with Crippen molar-refractivity contribution < 1.29 is 14.3 Å². The molecule has 1 unspecified atom stereocenters. The van der Waals surface area contributed by atoms with Crippen LogP contribution in [0.2, 0.25) is 0 Å². The lowest BCUT2D eigenvalue weighted by Gasteiger charge is -2.30. The molecule has 0 radical (unpaired) electrons. The molecule has 0 N–H and O–H groups in total. The number of hydrogen-bond acceptors (Lipinski definition) is 4. The van der Waals surface area contributed by atoms with Crippen molar-refractivity contribution in [2.24, 2.45) is 5.92 Å². The zero-order chi connectivity index (χ0) is 10.7. The first-order chi connectivity index (χ1) is 7.25. The molecule has 2 rings (SSSR count). The second-order valence-electron chi connectivity index (χ2n) is 4.48. The summed E-state index contributed by atoms with van der Waals surface area (Å²) in [5.74, 6) is 0.0635. The van der Waals surface area contributed by atoms with Gasteiger partial charge in [0.15, 0.2) is 0 Å². The van der Waals surface area contributed by atoms with Gasteiger partial charge in [0.25, 0.3) is 0 Å². The van der Waals surface area contributed by atoms with Crippen LogP contribution in [0.25, 0.3) is 0 Å². The van der Waals surface area contributed by atoms with E-state index >= 15 is 0 Å². The van der Waals surface area contributed by atoms with Crippen LogP contribution in [-0.2, 0) is 14.3 Å². The maximum Gasteiger partial charge on any atom is 0.311 e. The third-order valence-electron chi connectivity index (χ3n) is 3.17. The first kappa shape index (κ1) is 10.9. The fourth-order valence-electron chi connectivity index (χ4n) is 2.20. The number of hydrogen-bond donors (Lipinski definition) is 0. The van der Waals surface area contributed by atoms with Crippen molar-refractivity contribution in [1.82, 2.24) is 4.90 Å². The summed E-state index contributed by atoms with van der Waals surface area (Å²) in [5.41, 5.74) is 0. The Bertz CT molecular complexity index is 226.